The molecule has 0 heterocycles. The van der Waals surface area contributed by atoms with Crippen molar-refractivity contribution in [3.8, 4) is 5.92 Å². The Morgan fingerprint density at radius 3 is 2.60 bits per heavy atom. The van der Waals surface area contributed by atoms with Crippen LogP contribution in [-0.4, -0.2) is 6.17 Å². The molecule has 0 bridgehead atoms. The molecule has 0 aliphatic heterocycles. The van der Waals surface area contributed by atoms with E-state index in [9.17, 15) is 4.39 Å². The van der Waals surface area contributed by atoms with E-state index in [1.54, 1.807) is 0 Å². The number of rotatable bonds is 5. The van der Waals surface area contributed by atoms with Crippen LogP contribution in [0.15, 0.2) is 0 Å². The molecule has 0 aromatic carbocycles. The van der Waals surface area contributed by atoms with Crippen molar-refractivity contribution in [2.75, 3.05) is 0 Å². The predicted molar refractivity (Wildman–Crippen MR) is 40.8 cm³/mol. The molecule has 1 atom stereocenters. The molecule has 0 nitrogen and oxygen atoms in total. The Hall–Kier alpha value is -0.510. The normalized spacial score (nSPS) is 12.5. The summed E-state index contributed by atoms with van der Waals surface area (Å²) in [5.41, 5.74) is 0. The maximum atomic E-state index is 12.3. The Morgan fingerprint density at radius 1 is 1.40 bits per heavy atom. The third-order valence-corrected chi connectivity index (χ3v) is 1.47. The van der Waals surface area contributed by atoms with Gasteiger partial charge < -0.3 is 0 Å². The van der Waals surface area contributed by atoms with Gasteiger partial charge in [-0.3, -0.25) is 0 Å². The van der Waals surface area contributed by atoms with Crippen LogP contribution in [0.2, 0.25) is 0 Å². The fourth-order valence-electron chi connectivity index (χ4n) is 0.822. The van der Waals surface area contributed by atoms with Crippen LogP contribution in [0.1, 0.15) is 39.0 Å². The van der Waals surface area contributed by atoms with Crippen LogP contribution in [0.25, 0.3) is 0 Å². The Balaban J connectivity index is 2.98. The summed E-state index contributed by atoms with van der Waals surface area (Å²) in [4.78, 5) is 0. The lowest BCUT2D eigenvalue weighted by atomic mass is 10.1. The molecule has 0 fully saturated rings. The van der Waals surface area contributed by atoms with Crippen LogP contribution in [0.3, 0.4) is 0 Å². The van der Waals surface area contributed by atoms with Gasteiger partial charge in [-0.1, -0.05) is 32.1 Å². The van der Waals surface area contributed by atoms with E-state index in [-0.39, 0.29) is 0 Å². The molecule has 10 heavy (non-hydrogen) atoms. The first-order valence-electron chi connectivity index (χ1n) is 3.87. The zero-order valence-corrected chi connectivity index (χ0v) is 6.49. The molecule has 1 radical (unpaired) electrons. The van der Waals surface area contributed by atoms with Crippen molar-refractivity contribution in [2.45, 2.75) is 45.2 Å². The van der Waals surface area contributed by atoms with Crippen LogP contribution >= 0.6 is 0 Å². The Bertz CT molecular complexity index is 102. The van der Waals surface area contributed by atoms with Crippen molar-refractivity contribution in [3.05, 3.63) is 6.42 Å². The van der Waals surface area contributed by atoms with Gasteiger partial charge in [0.25, 0.3) is 0 Å². The van der Waals surface area contributed by atoms with E-state index in [0.29, 0.717) is 6.42 Å². The summed E-state index contributed by atoms with van der Waals surface area (Å²) in [6.45, 7) is 2.12. The van der Waals surface area contributed by atoms with Gasteiger partial charge in [0.2, 0.25) is 0 Å². The molecule has 1 heteroatoms. The van der Waals surface area contributed by atoms with Crippen LogP contribution in [-0.2, 0) is 0 Å². The molecule has 57 valence electrons. The number of hydrogen-bond donors (Lipinski definition) is 0. The topological polar surface area (TPSA) is 0 Å². The molecule has 0 rings (SSSR count). The molecule has 0 aromatic heterocycles. The fraction of sp³-hybridized carbons (Fsp3) is 0.778. The fourth-order valence-corrected chi connectivity index (χ4v) is 0.822. The zero-order chi connectivity index (χ0) is 7.82. The number of halogens is 1. The number of hydrogen-bond acceptors (Lipinski definition) is 0. The van der Waals surface area contributed by atoms with Gasteiger partial charge >= 0.3 is 0 Å². The Labute approximate surface area is 62.8 Å². The maximum Gasteiger partial charge on any atom is 0.161 e. The summed E-state index contributed by atoms with van der Waals surface area (Å²) in [5.74, 6) is 1.83. The third kappa shape index (κ3) is 5.62. The van der Waals surface area contributed by atoms with Crippen molar-refractivity contribution in [1.29, 1.82) is 0 Å². The van der Waals surface area contributed by atoms with Gasteiger partial charge in [-0.25, -0.2) is 4.39 Å². The van der Waals surface area contributed by atoms with Gasteiger partial charge in [-0.05, 0) is 19.3 Å². The van der Waals surface area contributed by atoms with E-state index in [1.807, 2.05) is 5.92 Å². The van der Waals surface area contributed by atoms with E-state index < -0.39 is 6.17 Å². The largest absolute Gasteiger partial charge is 0.233 e. The van der Waals surface area contributed by atoms with E-state index in [4.69, 9.17) is 6.42 Å². The summed E-state index contributed by atoms with van der Waals surface area (Å²) in [6.07, 6.45) is 10.1. The minimum absolute atomic E-state index is 0.476. The van der Waals surface area contributed by atoms with Crippen LogP contribution in [0.5, 0.6) is 0 Å². The molecular weight excluding hydrogens is 127 g/mol. The van der Waals surface area contributed by atoms with E-state index in [0.717, 1.165) is 12.8 Å². The highest BCUT2D eigenvalue weighted by Gasteiger charge is 1.99. The van der Waals surface area contributed by atoms with Crippen LogP contribution in [0, 0.1) is 12.3 Å². The average Bonchev–Trinajstić information content (AvgIpc) is 1.98. The van der Waals surface area contributed by atoms with Crippen molar-refractivity contribution < 1.29 is 4.39 Å². The van der Waals surface area contributed by atoms with Gasteiger partial charge in [0, 0.05) is 0 Å². The molecule has 0 aromatic rings. The summed E-state index contributed by atoms with van der Waals surface area (Å²) >= 11 is 0. The molecule has 0 saturated carbocycles. The highest BCUT2D eigenvalue weighted by atomic mass is 19.1. The van der Waals surface area contributed by atoms with Crippen LogP contribution < -0.4 is 0 Å². The second-order valence-corrected chi connectivity index (χ2v) is 2.46. The molecule has 0 aliphatic rings. The van der Waals surface area contributed by atoms with Gasteiger partial charge in [-0.15, -0.1) is 0 Å². The predicted octanol–water partition coefficient (Wildman–Crippen LogP) is 2.88. The summed E-state index contributed by atoms with van der Waals surface area (Å²) in [6, 6.07) is 0. The SMILES string of the molecule is [C]#CC(F)CCCCCC. The maximum absolute atomic E-state index is 12.3. The average molecular weight is 141 g/mol. The standard InChI is InChI=1S/C9H14F/c1-3-5-6-7-8-9(10)4-2/h9H,3,5-8H2,1H3. The Morgan fingerprint density at radius 2 is 2.10 bits per heavy atom. The van der Waals surface area contributed by atoms with Gasteiger partial charge in [0.15, 0.2) is 6.17 Å². The lowest BCUT2D eigenvalue weighted by Crippen LogP contribution is -1.94. The third-order valence-electron chi connectivity index (χ3n) is 1.47. The quantitative estimate of drug-likeness (QED) is 0.408. The monoisotopic (exact) mass is 141 g/mol. The number of unbranched alkanes of at least 4 members (excludes halogenated alkanes) is 3. The molecule has 0 spiro atoms. The lowest BCUT2D eigenvalue weighted by Gasteiger charge is -1.98. The summed E-state index contributed by atoms with van der Waals surface area (Å²) < 4.78 is 12.3. The van der Waals surface area contributed by atoms with Gasteiger partial charge in [0.05, 0.1) is 0 Å². The highest BCUT2D eigenvalue weighted by Crippen LogP contribution is 2.06. The first kappa shape index (κ1) is 9.49. The van der Waals surface area contributed by atoms with Crippen molar-refractivity contribution >= 4 is 0 Å². The Kier molecular flexibility index (Phi) is 6.27. The lowest BCUT2D eigenvalue weighted by molar-refractivity contribution is 0.376. The minimum Gasteiger partial charge on any atom is -0.233 e. The van der Waals surface area contributed by atoms with Gasteiger partial charge in [-0.2, -0.15) is 0 Å². The first-order chi connectivity index (χ1) is 4.81. The second-order valence-electron chi connectivity index (χ2n) is 2.46. The van der Waals surface area contributed by atoms with E-state index in [2.05, 4.69) is 6.92 Å². The molecule has 1 unspecified atom stereocenters. The number of alkyl halides is 1. The molecule has 0 amide bonds. The molecule has 0 aliphatic carbocycles. The minimum atomic E-state index is -1.13. The first-order valence-corrected chi connectivity index (χ1v) is 3.87. The van der Waals surface area contributed by atoms with Crippen molar-refractivity contribution in [2.24, 2.45) is 0 Å². The van der Waals surface area contributed by atoms with Gasteiger partial charge in [0.1, 0.15) is 0 Å². The highest BCUT2D eigenvalue weighted by molar-refractivity contribution is 4.86. The smallest absolute Gasteiger partial charge is 0.161 e. The molecular formula is C9H14F. The van der Waals surface area contributed by atoms with E-state index in [1.165, 1.54) is 12.8 Å². The zero-order valence-electron chi connectivity index (χ0n) is 6.49. The van der Waals surface area contributed by atoms with Crippen LogP contribution in [0.4, 0.5) is 4.39 Å². The molecule has 0 saturated heterocycles. The van der Waals surface area contributed by atoms with Crippen molar-refractivity contribution in [1.82, 2.24) is 0 Å². The summed E-state index contributed by atoms with van der Waals surface area (Å²) in [7, 11) is 0. The van der Waals surface area contributed by atoms with E-state index >= 15 is 0 Å². The summed E-state index contributed by atoms with van der Waals surface area (Å²) in [5, 5.41) is 0. The molecule has 0 N–H and O–H groups in total. The van der Waals surface area contributed by atoms with Crippen molar-refractivity contribution in [3.63, 3.8) is 0 Å². The second kappa shape index (κ2) is 6.61.